The lowest BCUT2D eigenvalue weighted by Gasteiger charge is -2.08. The topological polar surface area (TPSA) is 76.7 Å². The zero-order valence-corrected chi connectivity index (χ0v) is 13.0. The SMILES string of the molecule is CCOC(=O)/C(=N/Nc1ccccc1)Sc1ccccc1N. The van der Waals surface area contributed by atoms with Crippen molar-refractivity contribution in [2.24, 2.45) is 5.10 Å². The number of hydrazone groups is 1. The van der Waals surface area contributed by atoms with E-state index in [-0.39, 0.29) is 11.7 Å². The molecule has 0 atom stereocenters. The van der Waals surface area contributed by atoms with E-state index in [1.165, 1.54) is 11.8 Å². The first-order valence-corrected chi connectivity index (χ1v) is 7.60. The fraction of sp³-hybridized carbons (Fsp3) is 0.125. The lowest BCUT2D eigenvalue weighted by Crippen LogP contribution is -2.16. The Hall–Kier alpha value is -2.47. The normalized spacial score (nSPS) is 11.0. The average molecular weight is 315 g/mol. The summed E-state index contributed by atoms with van der Waals surface area (Å²) in [6.45, 7) is 2.04. The number of thioether (sulfide) groups is 1. The van der Waals surface area contributed by atoms with Gasteiger partial charge in [0.2, 0.25) is 5.04 Å². The highest BCUT2D eigenvalue weighted by Crippen LogP contribution is 2.26. The smallest absolute Gasteiger partial charge is 0.365 e. The minimum atomic E-state index is -0.487. The summed E-state index contributed by atoms with van der Waals surface area (Å²) in [5.41, 5.74) is 10.1. The van der Waals surface area contributed by atoms with E-state index < -0.39 is 5.97 Å². The maximum Gasteiger partial charge on any atom is 0.365 e. The largest absolute Gasteiger partial charge is 0.461 e. The van der Waals surface area contributed by atoms with Gasteiger partial charge in [0.1, 0.15) is 0 Å². The van der Waals surface area contributed by atoms with Crippen LogP contribution >= 0.6 is 11.8 Å². The van der Waals surface area contributed by atoms with Crippen LogP contribution in [0.1, 0.15) is 6.92 Å². The quantitative estimate of drug-likeness (QED) is 0.226. The summed E-state index contributed by atoms with van der Waals surface area (Å²) in [7, 11) is 0. The number of nitrogens with two attached hydrogens (primary N) is 1. The van der Waals surface area contributed by atoms with Gasteiger partial charge in [-0.05, 0) is 31.2 Å². The Labute approximate surface area is 133 Å². The summed E-state index contributed by atoms with van der Waals surface area (Å²) < 4.78 is 5.03. The second-order valence-corrected chi connectivity index (χ2v) is 5.29. The molecular formula is C16H17N3O2S. The number of rotatable bonds is 4. The van der Waals surface area contributed by atoms with E-state index in [0.717, 1.165) is 10.6 Å². The van der Waals surface area contributed by atoms with Gasteiger partial charge >= 0.3 is 5.97 Å². The summed E-state index contributed by atoms with van der Waals surface area (Å²) in [5.74, 6) is -0.487. The van der Waals surface area contributed by atoms with Gasteiger partial charge in [0.15, 0.2) is 0 Å². The Bertz CT molecular complexity index is 659. The Kier molecular flexibility index (Phi) is 5.85. The molecule has 0 bridgehead atoms. The molecule has 0 radical (unpaired) electrons. The monoisotopic (exact) mass is 315 g/mol. The molecule has 2 rings (SSSR count). The molecule has 0 saturated heterocycles. The second kappa shape index (κ2) is 8.09. The maximum absolute atomic E-state index is 12.0. The van der Waals surface area contributed by atoms with Crippen LogP contribution in [0.25, 0.3) is 0 Å². The lowest BCUT2D eigenvalue weighted by atomic mass is 10.3. The minimum absolute atomic E-state index is 0.198. The third-order valence-electron chi connectivity index (χ3n) is 2.64. The van der Waals surface area contributed by atoms with Crippen molar-refractivity contribution in [2.45, 2.75) is 11.8 Å². The third kappa shape index (κ3) is 4.53. The molecule has 0 saturated carbocycles. The van der Waals surface area contributed by atoms with Crippen molar-refractivity contribution in [1.82, 2.24) is 0 Å². The molecule has 0 aliphatic carbocycles. The van der Waals surface area contributed by atoms with Crippen molar-refractivity contribution in [3.8, 4) is 0 Å². The third-order valence-corrected chi connectivity index (χ3v) is 3.68. The van der Waals surface area contributed by atoms with Crippen LogP contribution in [-0.4, -0.2) is 17.6 Å². The number of benzene rings is 2. The van der Waals surface area contributed by atoms with E-state index in [1.807, 2.05) is 48.5 Å². The number of carbonyl (C=O) groups excluding carboxylic acids is 1. The van der Waals surface area contributed by atoms with Crippen LogP contribution in [-0.2, 0) is 9.53 Å². The van der Waals surface area contributed by atoms with Gasteiger partial charge in [-0.25, -0.2) is 4.79 Å². The van der Waals surface area contributed by atoms with E-state index in [0.29, 0.717) is 5.69 Å². The van der Waals surface area contributed by atoms with E-state index >= 15 is 0 Å². The predicted molar refractivity (Wildman–Crippen MR) is 90.8 cm³/mol. The van der Waals surface area contributed by atoms with Gasteiger partial charge in [-0.3, -0.25) is 5.43 Å². The first-order chi connectivity index (χ1) is 10.7. The number of esters is 1. The van der Waals surface area contributed by atoms with Crippen LogP contribution in [0.5, 0.6) is 0 Å². The van der Waals surface area contributed by atoms with Crippen LogP contribution in [0.2, 0.25) is 0 Å². The highest BCUT2D eigenvalue weighted by molar-refractivity contribution is 8.15. The Morgan fingerprint density at radius 1 is 1.18 bits per heavy atom. The molecule has 0 spiro atoms. The fourth-order valence-corrected chi connectivity index (χ4v) is 2.38. The fourth-order valence-electron chi connectivity index (χ4n) is 1.61. The Balaban J connectivity index is 2.19. The number of nitrogens with zero attached hydrogens (tertiary/aromatic N) is 1. The molecule has 2 aromatic rings. The van der Waals surface area contributed by atoms with Gasteiger partial charge in [-0.15, -0.1) is 0 Å². The van der Waals surface area contributed by atoms with Gasteiger partial charge < -0.3 is 10.5 Å². The molecule has 0 heterocycles. The number of hydrogen-bond acceptors (Lipinski definition) is 6. The van der Waals surface area contributed by atoms with E-state index in [4.69, 9.17) is 10.5 Å². The van der Waals surface area contributed by atoms with Crippen molar-refractivity contribution < 1.29 is 9.53 Å². The average Bonchev–Trinajstić information content (AvgIpc) is 2.54. The summed E-state index contributed by atoms with van der Waals surface area (Å²) in [5, 5.41) is 4.35. The van der Waals surface area contributed by atoms with Gasteiger partial charge in [0.05, 0.1) is 12.3 Å². The van der Waals surface area contributed by atoms with Gasteiger partial charge in [-0.2, -0.15) is 5.10 Å². The molecular weight excluding hydrogens is 298 g/mol. The number of hydrogen-bond donors (Lipinski definition) is 2. The van der Waals surface area contributed by atoms with Crippen molar-refractivity contribution in [1.29, 1.82) is 0 Å². The maximum atomic E-state index is 12.0. The minimum Gasteiger partial charge on any atom is -0.461 e. The van der Waals surface area contributed by atoms with Gasteiger partial charge in [0, 0.05) is 10.6 Å². The highest BCUT2D eigenvalue weighted by atomic mass is 32.2. The summed E-state index contributed by atoms with van der Waals surface area (Å²) >= 11 is 1.17. The summed E-state index contributed by atoms with van der Waals surface area (Å²) in [4.78, 5) is 12.8. The number of nitrogens with one attached hydrogen (secondary N) is 1. The van der Waals surface area contributed by atoms with Crippen LogP contribution in [0.4, 0.5) is 11.4 Å². The number of carbonyl (C=O) groups is 1. The molecule has 0 aliphatic heterocycles. The van der Waals surface area contributed by atoms with Gasteiger partial charge in [0.25, 0.3) is 0 Å². The lowest BCUT2D eigenvalue weighted by molar-refractivity contribution is -0.134. The molecule has 3 N–H and O–H groups in total. The molecule has 0 aromatic heterocycles. The summed E-state index contributed by atoms with van der Waals surface area (Å²) in [6, 6.07) is 16.7. The molecule has 22 heavy (non-hydrogen) atoms. The molecule has 0 unspecified atom stereocenters. The standard InChI is InChI=1S/C16H17N3O2S/c1-2-21-16(20)15(19-18-12-8-4-3-5-9-12)22-14-11-7-6-10-13(14)17/h3-11,18H,2,17H2,1H3/b19-15-. The molecule has 6 heteroatoms. The van der Waals surface area contributed by atoms with E-state index in [2.05, 4.69) is 10.5 Å². The zero-order valence-electron chi connectivity index (χ0n) is 12.2. The van der Waals surface area contributed by atoms with Gasteiger partial charge in [-0.1, -0.05) is 42.1 Å². The van der Waals surface area contributed by atoms with Crippen molar-refractivity contribution >= 4 is 34.1 Å². The van der Waals surface area contributed by atoms with Crippen LogP contribution in [0, 0.1) is 0 Å². The van der Waals surface area contributed by atoms with E-state index in [1.54, 1.807) is 13.0 Å². The summed E-state index contributed by atoms with van der Waals surface area (Å²) in [6.07, 6.45) is 0. The molecule has 5 nitrogen and oxygen atoms in total. The van der Waals surface area contributed by atoms with Crippen molar-refractivity contribution in [2.75, 3.05) is 17.8 Å². The van der Waals surface area contributed by atoms with Crippen molar-refractivity contribution in [3.63, 3.8) is 0 Å². The van der Waals surface area contributed by atoms with Crippen LogP contribution in [0.15, 0.2) is 64.6 Å². The highest BCUT2D eigenvalue weighted by Gasteiger charge is 2.16. The molecule has 2 aromatic carbocycles. The van der Waals surface area contributed by atoms with Crippen LogP contribution in [0.3, 0.4) is 0 Å². The molecule has 114 valence electrons. The predicted octanol–water partition coefficient (Wildman–Crippen LogP) is 3.35. The van der Waals surface area contributed by atoms with E-state index in [9.17, 15) is 4.79 Å². The second-order valence-electron chi connectivity index (χ2n) is 4.26. The number of nitrogen functional groups attached to an aromatic ring is 1. The first-order valence-electron chi connectivity index (χ1n) is 6.79. The molecule has 0 amide bonds. The Morgan fingerprint density at radius 3 is 2.55 bits per heavy atom. The first kappa shape index (κ1) is 15.9. The molecule has 0 fully saturated rings. The number of anilines is 2. The zero-order chi connectivity index (χ0) is 15.8. The Morgan fingerprint density at radius 2 is 1.86 bits per heavy atom. The van der Waals surface area contributed by atoms with Crippen LogP contribution < -0.4 is 11.2 Å². The number of ether oxygens (including phenoxy) is 1. The number of para-hydroxylation sites is 2. The van der Waals surface area contributed by atoms with Crippen molar-refractivity contribution in [3.05, 3.63) is 54.6 Å². The molecule has 0 aliphatic rings.